The summed E-state index contributed by atoms with van der Waals surface area (Å²) in [6.07, 6.45) is 7.77. The second-order valence-electron chi connectivity index (χ2n) is 8.42. The van der Waals surface area contributed by atoms with Crippen molar-refractivity contribution < 1.29 is 14.3 Å². The molecule has 5 heteroatoms. The molecule has 3 aliphatic carbocycles. The highest BCUT2D eigenvalue weighted by atomic mass is 16.5. The zero-order chi connectivity index (χ0) is 20.7. The van der Waals surface area contributed by atoms with Crippen molar-refractivity contribution in [1.29, 1.82) is 0 Å². The summed E-state index contributed by atoms with van der Waals surface area (Å²) in [7, 11) is 0. The number of carbonyl (C=O) groups is 2. The third-order valence-electron chi connectivity index (χ3n) is 6.44. The lowest BCUT2D eigenvalue weighted by molar-refractivity contribution is -0.140. The van der Waals surface area contributed by atoms with E-state index in [4.69, 9.17) is 4.74 Å². The Morgan fingerprint density at radius 1 is 1.00 bits per heavy atom. The molecule has 5 nitrogen and oxygen atoms in total. The molecule has 2 aromatic rings. The molecule has 0 aromatic heterocycles. The van der Waals surface area contributed by atoms with Crippen molar-refractivity contribution in [3.8, 4) is 5.75 Å². The average Bonchev–Trinajstić information content (AvgIpc) is 3.05. The van der Waals surface area contributed by atoms with Gasteiger partial charge in [-0.15, -0.1) is 0 Å². The van der Waals surface area contributed by atoms with Crippen LogP contribution >= 0.6 is 0 Å². The van der Waals surface area contributed by atoms with E-state index in [1.165, 1.54) is 5.56 Å². The lowest BCUT2D eigenvalue weighted by Crippen LogP contribution is -2.38. The fourth-order valence-corrected chi connectivity index (χ4v) is 4.83. The minimum Gasteiger partial charge on any atom is -0.489 e. The molecule has 2 bridgehead atoms. The molecule has 6 rings (SSSR count). The topological polar surface area (TPSA) is 59.0 Å². The molecule has 0 radical (unpaired) electrons. The van der Waals surface area contributed by atoms with Crippen LogP contribution in [0.15, 0.2) is 65.8 Å². The van der Waals surface area contributed by atoms with Crippen molar-refractivity contribution in [3.63, 3.8) is 0 Å². The van der Waals surface area contributed by atoms with E-state index in [0.29, 0.717) is 6.61 Å². The highest BCUT2D eigenvalue weighted by Gasteiger charge is 2.56. The average molecular weight is 400 g/mol. The number of hydrogen-bond acceptors (Lipinski definition) is 4. The summed E-state index contributed by atoms with van der Waals surface area (Å²) >= 11 is 0. The summed E-state index contributed by atoms with van der Waals surface area (Å²) in [5.41, 5.74) is 3.10. The summed E-state index contributed by atoms with van der Waals surface area (Å²) in [6.45, 7) is 2.53. The normalized spacial score (nSPS) is 27.2. The number of allylic oxidation sites excluding steroid dienone is 2. The highest BCUT2D eigenvalue weighted by molar-refractivity contribution is 6.06. The number of ether oxygens (including phenoxy) is 1. The second kappa shape index (κ2) is 7.56. The van der Waals surface area contributed by atoms with Gasteiger partial charge in [0.05, 0.1) is 18.1 Å². The molecule has 0 spiro atoms. The van der Waals surface area contributed by atoms with Crippen molar-refractivity contribution in [2.75, 3.05) is 0 Å². The Hall–Kier alpha value is -3.21. The monoisotopic (exact) mass is 400 g/mol. The Balaban J connectivity index is 1.28. The number of hydrazone groups is 1. The predicted molar refractivity (Wildman–Crippen MR) is 114 cm³/mol. The molecule has 4 atom stereocenters. The van der Waals surface area contributed by atoms with E-state index >= 15 is 0 Å². The zero-order valence-corrected chi connectivity index (χ0v) is 16.9. The molecule has 1 aliphatic heterocycles. The van der Waals surface area contributed by atoms with E-state index in [1.807, 2.05) is 36.4 Å². The quantitative estimate of drug-likeness (QED) is 0.431. The van der Waals surface area contributed by atoms with Crippen LogP contribution in [-0.2, 0) is 16.2 Å². The van der Waals surface area contributed by atoms with Crippen molar-refractivity contribution in [3.05, 3.63) is 77.4 Å². The lowest BCUT2D eigenvalue weighted by Gasteiger charge is -2.37. The van der Waals surface area contributed by atoms with Gasteiger partial charge in [-0.25, -0.2) is 0 Å². The molecule has 1 saturated heterocycles. The fourth-order valence-electron chi connectivity index (χ4n) is 4.83. The number of aryl methyl sites for hydroxylation is 1. The molecule has 1 saturated carbocycles. The maximum Gasteiger partial charge on any atom is 0.254 e. The van der Waals surface area contributed by atoms with Gasteiger partial charge in [-0.1, -0.05) is 54.1 Å². The Kier molecular flexibility index (Phi) is 4.74. The van der Waals surface area contributed by atoms with E-state index in [1.54, 1.807) is 6.21 Å². The summed E-state index contributed by atoms with van der Waals surface area (Å²) in [5.74, 6) is 0.282. The number of amides is 2. The number of fused-ring (bicyclic) bond motifs is 1. The van der Waals surface area contributed by atoms with Gasteiger partial charge in [0.1, 0.15) is 12.4 Å². The fraction of sp³-hybridized carbons (Fsp3) is 0.320. The van der Waals surface area contributed by atoms with Gasteiger partial charge in [0.2, 0.25) is 0 Å². The number of carbonyl (C=O) groups excluding carboxylic acids is 2. The van der Waals surface area contributed by atoms with E-state index in [0.717, 1.165) is 34.7 Å². The molecule has 2 aromatic carbocycles. The van der Waals surface area contributed by atoms with E-state index in [9.17, 15) is 9.59 Å². The first-order chi connectivity index (χ1) is 14.6. The minimum absolute atomic E-state index is 0.160. The largest absolute Gasteiger partial charge is 0.489 e. The van der Waals surface area contributed by atoms with Crippen LogP contribution in [0.3, 0.4) is 0 Å². The van der Waals surface area contributed by atoms with E-state index in [-0.39, 0.29) is 35.5 Å². The third kappa shape index (κ3) is 3.34. The first-order valence-electron chi connectivity index (χ1n) is 10.5. The van der Waals surface area contributed by atoms with Crippen LogP contribution < -0.4 is 4.74 Å². The van der Waals surface area contributed by atoms with Crippen LogP contribution in [-0.4, -0.2) is 23.0 Å². The van der Waals surface area contributed by atoms with Crippen molar-refractivity contribution in [1.82, 2.24) is 5.01 Å². The smallest absolute Gasteiger partial charge is 0.254 e. The standard InChI is InChI=1S/C25H24N2O3/c1-16-5-7-17(8-6-16)15-30-21-4-2-3-18(13-21)14-26-27-24(28)22-19-9-10-20(12-11-19)23(22)25(27)29/h2-10,13-14,19-20,22-23H,11-12,15H2,1H3/b26-14-/t19-,20-,22-,23-/m0/s1. The van der Waals surface area contributed by atoms with Gasteiger partial charge in [-0.05, 0) is 54.9 Å². The third-order valence-corrected chi connectivity index (χ3v) is 6.44. The summed E-state index contributed by atoms with van der Waals surface area (Å²) in [6, 6.07) is 15.7. The SMILES string of the molecule is Cc1ccc(COc2cccc(/C=N\N3C(=O)[C@@H]4[C@@H](C3=O)[C@H]3C=C[C@H]4CC3)c2)cc1. The first kappa shape index (κ1) is 18.8. The lowest BCUT2D eigenvalue weighted by atomic mass is 9.63. The molecule has 0 unspecified atom stereocenters. The Labute approximate surface area is 176 Å². The van der Waals surface area contributed by atoms with Crippen LogP contribution in [0, 0.1) is 30.6 Å². The summed E-state index contributed by atoms with van der Waals surface area (Å²) < 4.78 is 5.88. The zero-order valence-electron chi connectivity index (χ0n) is 16.9. The number of rotatable bonds is 5. The van der Waals surface area contributed by atoms with Gasteiger partial charge in [-0.2, -0.15) is 10.1 Å². The Bertz CT molecular complexity index is 1010. The molecule has 4 aliphatic rings. The maximum absolute atomic E-state index is 12.8. The minimum atomic E-state index is -0.234. The molecule has 152 valence electrons. The number of hydrogen-bond donors (Lipinski definition) is 0. The van der Waals surface area contributed by atoms with Crippen LogP contribution in [0.5, 0.6) is 5.75 Å². The van der Waals surface area contributed by atoms with Crippen LogP contribution in [0.4, 0.5) is 0 Å². The van der Waals surface area contributed by atoms with Gasteiger partial charge < -0.3 is 4.74 Å². The van der Waals surface area contributed by atoms with E-state index in [2.05, 4.69) is 36.3 Å². The van der Waals surface area contributed by atoms with Crippen LogP contribution in [0.25, 0.3) is 0 Å². The molecule has 2 amide bonds. The molecule has 30 heavy (non-hydrogen) atoms. The van der Waals surface area contributed by atoms with Gasteiger partial charge >= 0.3 is 0 Å². The predicted octanol–water partition coefficient (Wildman–Crippen LogP) is 4.11. The Morgan fingerprint density at radius 3 is 2.30 bits per heavy atom. The molecule has 2 fully saturated rings. The summed E-state index contributed by atoms with van der Waals surface area (Å²) in [4.78, 5) is 25.7. The van der Waals surface area contributed by atoms with E-state index < -0.39 is 0 Å². The second-order valence-corrected chi connectivity index (χ2v) is 8.42. The molecule has 1 heterocycles. The first-order valence-corrected chi connectivity index (χ1v) is 10.5. The van der Waals surface area contributed by atoms with Gasteiger partial charge in [-0.3, -0.25) is 9.59 Å². The number of nitrogens with zero attached hydrogens (tertiary/aromatic N) is 2. The van der Waals surface area contributed by atoms with Gasteiger partial charge in [0.15, 0.2) is 0 Å². The van der Waals surface area contributed by atoms with Crippen LogP contribution in [0.1, 0.15) is 29.5 Å². The maximum atomic E-state index is 12.8. The van der Waals surface area contributed by atoms with Crippen LogP contribution in [0.2, 0.25) is 0 Å². The molecular weight excluding hydrogens is 376 g/mol. The van der Waals surface area contributed by atoms with Crippen molar-refractivity contribution >= 4 is 18.0 Å². The van der Waals surface area contributed by atoms with Crippen molar-refractivity contribution in [2.45, 2.75) is 26.4 Å². The Morgan fingerprint density at radius 2 is 1.67 bits per heavy atom. The van der Waals surface area contributed by atoms with Gasteiger partial charge in [0.25, 0.3) is 11.8 Å². The molecular formula is C25H24N2O3. The van der Waals surface area contributed by atoms with Gasteiger partial charge in [0, 0.05) is 0 Å². The highest BCUT2D eigenvalue weighted by Crippen LogP contribution is 2.49. The molecule has 0 N–H and O–H groups in total. The number of imide groups is 1. The van der Waals surface area contributed by atoms with Crippen molar-refractivity contribution in [2.24, 2.45) is 28.8 Å². The summed E-state index contributed by atoms with van der Waals surface area (Å²) in [5, 5.41) is 5.36. The number of benzene rings is 2.